The SMILES string of the molecule is CCCOC(=O)/N=C(\N)c1ccc(NC(=O)c2cc(C)ccc2NCc2cc(CO)cc(OC(C)C)c2OCC(=O)OC)cc1. The highest BCUT2D eigenvalue weighted by molar-refractivity contribution is 6.08. The zero-order valence-corrected chi connectivity index (χ0v) is 26.1. The summed E-state index contributed by atoms with van der Waals surface area (Å²) in [6, 6.07) is 15.4. The Kier molecular flexibility index (Phi) is 12.7. The number of ether oxygens (including phenoxy) is 4. The van der Waals surface area contributed by atoms with Crippen molar-refractivity contribution in [2.45, 2.75) is 53.4 Å². The van der Waals surface area contributed by atoms with Gasteiger partial charge in [0.25, 0.3) is 5.91 Å². The van der Waals surface area contributed by atoms with Gasteiger partial charge in [-0.1, -0.05) is 18.6 Å². The Balaban J connectivity index is 1.83. The molecule has 5 N–H and O–H groups in total. The summed E-state index contributed by atoms with van der Waals surface area (Å²) in [5.41, 5.74) is 9.90. The number of methoxy groups -OCH3 is 1. The molecule has 0 heterocycles. The lowest BCUT2D eigenvalue weighted by molar-refractivity contribution is -0.142. The van der Waals surface area contributed by atoms with E-state index in [4.69, 9.17) is 24.7 Å². The zero-order valence-electron chi connectivity index (χ0n) is 26.1. The van der Waals surface area contributed by atoms with Gasteiger partial charge < -0.3 is 40.4 Å². The van der Waals surface area contributed by atoms with Gasteiger partial charge in [-0.2, -0.15) is 4.99 Å². The Morgan fingerprint density at radius 2 is 1.78 bits per heavy atom. The number of carbonyl (C=O) groups is 3. The number of aryl methyl sites for hydroxylation is 1. The van der Waals surface area contributed by atoms with Gasteiger partial charge in [0.2, 0.25) is 0 Å². The van der Waals surface area contributed by atoms with Crippen molar-refractivity contribution >= 4 is 35.2 Å². The second kappa shape index (κ2) is 16.7. The van der Waals surface area contributed by atoms with Crippen LogP contribution in [-0.4, -0.2) is 55.3 Å². The molecule has 0 fully saturated rings. The average molecular weight is 621 g/mol. The monoisotopic (exact) mass is 620 g/mol. The normalized spacial score (nSPS) is 11.1. The topological polar surface area (TPSA) is 171 Å². The van der Waals surface area contributed by atoms with Gasteiger partial charge >= 0.3 is 12.1 Å². The Hall–Kier alpha value is -5.10. The number of nitrogens with one attached hydrogen (secondary N) is 2. The van der Waals surface area contributed by atoms with Gasteiger partial charge in [-0.15, -0.1) is 0 Å². The number of aliphatic imine (C=N–C) groups is 1. The lowest BCUT2D eigenvalue weighted by atomic mass is 10.1. The van der Waals surface area contributed by atoms with Crippen molar-refractivity contribution in [3.8, 4) is 11.5 Å². The number of benzene rings is 3. The summed E-state index contributed by atoms with van der Waals surface area (Å²) in [6.45, 7) is 7.31. The van der Waals surface area contributed by atoms with Crippen LogP contribution in [0.15, 0.2) is 59.6 Å². The van der Waals surface area contributed by atoms with Crippen molar-refractivity contribution in [1.82, 2.24) is 0 Å². The Labute approximate surface area is 262 Å². The van der Waals surface area contributed by atoms with Crippen molar-refractivity contribution in [3.05, 3.63) is 82.4 Å². The Morgan fingerprint density at radius 1 is 1.04 bits per heavy atom. The number of nitrogens with two attached hydrogens (primary N) is 1. The van der Waals surface area contributed by atoms with Crippen molar-refractivity contribution in [2.24, 2.45) is 10.7 Å². The fourth-order valence-corrected chi connectivity index (χ4v) is 4.14. The molecule has 12 heteroatoms. The number of nitrogens with zero attached hydrogens (tertiary/aromatic N) is 1. The summed E-state index contributed by atoms with van der Waals surface area (Å²) >= 11 is 0. The number of hydrogen-bond acceptors (Lipinski definition) is 9. The van der Waals surface area contributed by atoms with Gasteiger partial charge in [0.05, 0.1) is 32.0 Å². The van der Waals surface area contributed by atoms with Crippen LogP contribution in [-0.2, 0) is 27.4 Å². The fraction of sp³-hybridized carbons (Fsp3) is 0.333. The van der Waals surface area contributed by atoms with Gasteiger partial charge in [0.15, 0.2) is 18.1 Å². The van der Waals surface area contributed by atoms with Crippen LogP contribution in [0, 0.1) is 6.92 Å². The van der Waals surface area contributed by atoms with Crippen LogP contribution in [0.2, 0.25) is 0 Å². The number of aliphatic hydroxyl groups is 1. The molecule has 0 aliphatic carbocycles. The molecule has 0 atom stereocenters. The van der Waals surface area contributed by atoms with Gasteiger partial charge in [-0.05, 0) is 81.3 Å². The maximum Gasteiger partial charge on any atom is 0.435 e. The van der Waals surface area contributed by atoms with Crippen molar-refractivity contribution in [2.75, 3.05) is 31.0 Å². The summed E-state index contributed by atoms with van der Waals surface area (Å²) in [7, 11) is 1.27. The van der Waals surface area contributed by atoms with E-state index < -0.39 is 12.1 Å². The van der Waals surface area contributed by atoms with Crippen LogP contribution in [0.4, 0.5) is 16.2 Å². The first-order valence-electron chi connectivity index (χ1n) is 14.4. The number of aliphatic hydroxyl groups excluding tert-OH is 1. The van der Waals surface area contributed by atoms with Gasteiger partial charge in [-0.3, -0.25) is 4.79 Å². The summed E-state index contributed by atoms with van der Waals surface area (Å²) in [4.78, 5) is 40.7. The molecule has 0 aliphatic rings. The molecule has 0 spiro atoms. The van der Waals surface area contributed by atoms with E-state index in [1.54, 1.807) is 48.5 Å². The maximum atomic E-state index is 13.4. The van der Waals surface area contributed by atoms with E-state index in [2.05, 4.69) is 15.6 Å². The van der Waals surface area contributed by atoms with Crippen LogP contribution in [0.25, 0.3) is 0 Å². The molecule has 12 nitrogen and oxygen atoms in total. The quantitative estimate of drug-likeness (QED) is 0.110. The van der Waals surface area contributed by atoms with Crippen molar-refractivity contribution in [3.63, 3.8) is 0 Å². The lowest BCUT2D eigenvalue weighted by Gasteiger charge is -2.20. The van der Waals surface area contributed by atoms with Crippen LogP contribution in [0.1, 0.15) is 59.8 Å². The molecular weight excluding hydrogens is 580 g/mol. The summed E-state index contributed by atoms with van der Waals surface area (Å²) in [5, 5.41) is 16.0. The number of amidine groups is 1. The molecule has 2 amide bonds. The highest BCUT2D eigenvalue weighted by atomic mass is 16.6. The second-order valence-electron chi connectivity index (χ2n) is 10.3. The van der Waals surface area contributed by atoms with Crippen molar-refractivity contribution in [1.29, 1.82) is 0 Å². The van der Waals surface area contributed by atoms with Crippen LogP contribution >= 0.6 is 0 Å². The van der Waals surface area contributed by atoms with Gasteiger partial charge in [-0.25, -0.2) is 9.59 Å². The minimum absolute atomic E-state index is 0.00121. The molecule has 3 aromatic carbocycles. The minimum atomic E-state index is -0.764. The third-order valence-corrected chi connectivity index (χ3v) is 6.27. The molecule has 0 saturated carbocycles. The molecule has 3 aromatic rings. The number of anilines is 2. The Morgan fingerprint density at radius 3 is 2.42 bits per heavy atom. The van der Waals surface area contributed by atoms with Crippen LogP contribution < -0.4 is 25.8 Å². The number of carbonyl (C=O) groups excluding carboxylic acids is 3. The molecule has 0 unspecified atom stereocenters. The number of rotatable bonds is 14. The smallest absolute Gasteiger partial charge is 0.435 e. The van der Waals surface area contributed by atoms with E-state index in [0.717, 1.165) is 5.56 Å². The summed E-state index contributed by atoms with van der Waals surface area (Å²) < 4.78 is 21.4. The fourth-order valence-electron chi connectivity index (χ4n) is 4.14. The molecule has 0 aromatic heterocycles. The van der Waals surface area contributed by atoms with Gasteiger partial charge in [0, 0.05) is 29.0 Å². The first-order chi connectivity index (χ1) is 21.5. The minimum Gasteiger partial charge on any atom is -0.487 e. The second-order valence-corrected chi connectivity index (χ2v) is 10.3. The molecule has 0 saturated heterocycles. The first kappa shape index (κ1) is 34.4. The molecular formula is C33H40N4O8. The van der Waals surface area contributed by atoms with E-state index in [1.165, 1.54) is 7.11 Å². The molecule has 3 rings (SSSR count). The zero-order chi connectivity index (χ0) is 32.9. The molecule has 45 heavy (non-hydrogen) atoms. The van der Waals surface area contributed by atoms with E-state index in [-0.39, 0.29) is 44.2 Å². The average Bonchev–Trinajstić information content (AvgIpc) is 3.02. The molecule has 0 aliphatic heterocycles. The van der Waals surface area contributed by atoms with Crippen LogP contribution in [0.5, 0.6) is 11.5 Å². The predicted molar refractivity (Wildman–Crippen MR) is 171 cm³/mol. The van der Waals surface area contributed by atoms with E-state index in [9.17, 15) is 19.5 Å². The summed E-state index contributed by atoms with van der Waals surface area (Å²) in [6.07, 6.45) is -0.293. The van der Waals surface area contributed by atoms with Crippen LogP contribution in [0.3, 0.4) is 0 Å². The number of hydrogen-bond donors (Lipinski definition) is 4. The molecule has 0 bridgehead atoms. The van der Waals surface area contributed by atoms with Crippen molar-refractivity contribution < 1.29 is 38.4 Å². The van der Waals surface area contributed by atoms with E-state index >= 15 is 0 Å². The molecule has 240 valence electrons. The molecule has 0 radical (unpaired) electrons. The summed E-state index contributed by atoms with van der Waals surface area (Å²) in [5.74, 6) is -0.245. The maximum absolute atomic E-state index is 13.4. The third-order valence-electron chi connectivity index (χ3n) is 6.27. The van der Waals surface area contributed by atoms with E-state index in [1.807, 2.05) is 33.8 Å². The standard InChI is InChI=1S/C33H40N4O8/c1-6-13-43-33(41)37-31(34)23-8-10-25(11-9-23)36-32(40)26-14-21(4)7-12-27(26)35-17-24-15-22(18-38)16-28(45-20(2)3)30(24)44-19-29(39)42-5/h7-12,14-16,20,35,38H,6,13,17-19H2,1-5H3,(H,36,40)(H2,34,37,41). The number of amides is 2. The van der Waals surface area contributed by atoms with Gasteiger partial charge in [0.1, 0.15) is 5.84 Å². The Bertz CT molecular complexity index is 1520. The third kappa shape index (κ3) is 10.2. The first-order valence-corrected chi connectivity index (χ1v) is 14.4. The van der Waals surface area contributed by atoms with E-state index in [0.29, 0.717) is 51.5 Å². The predicted octanol–water partition coefficient (Wildman–Crippen LogP) is 4.94. The highest BCUT2D eigenvalue weighted by Crippen LogP contribution is 2.35. The lowest BCUT2D eigenvalue weighted by Crippen LogP contribution is -2.18. The largest absolute Gasteiger partial charge is 0.487 e. The highest BCUT2D eigenvalue weighted by Gasteiger charge is 2.19. The number of esters is 1.